The van der Waals surface area contributed by atoms with Gasteiger partial charge in [0.15, 0.2) is 12.6 Å². The predicted molar refractivity (Wildman–Crippen MR) is 169 cm³/mol. The fourth-order valence-corrected chi connectivity index (χ4v) is 8.51. The number of carbonyl (C=O) groups is 1. The van der Waals surface area contributed by atoms with Gasteiger partial charge in [-0.25, -0.2) is 0 Å². The molecule has 2 bridgehead atoms. The number of ether oxygens (including phenoxy) is 7. The first-order valence-electron chi connectivity index (χ1n) is 17.1. The van der Waals surface area contributed by atoms with Crippen molar-refractivity contribution < 1.29 is 53.3 Å². The van der Waals surface area contributed by atoms with Crippen LogP contribution in [0.4, 0.5) is 0 Å². The van der Waals surface area contributed by atoms with Crippen LogP contribution in [0.25, 0.3) is 0 Å². The minimum absolute atomic E-state index is 0.0477. The molecule has 4 rings (SSSR count). The van der Waals surface area contributed by atoms with Gasteiger partial charge in [0.05, 0.1) is 53.7 Å². The molecule has 12 nitrogen and oxygen atoms in total. The van der Waals surface area contributed by atoms with Crippen LogP contribution in [-0.4, -0.2) is 132 Å². The van der Waals surface area contributed by atoms with E-state index in [2.05, 4.69) is 6.92 Å². The maximum atomic E-state index is 13.9. The van der Waals surface area contributed by atoms with Crippen LogP contribution in [-0.2, 0) is 38.0 Å². The summed E-state index contributed by atoms with van der Waals surface area (Å²) in [6, 6.07) is -0.182. The molecule has 4 aliphatic rings. The molecule has 0 aromatic carbocycles. The summed E-state index contributed by atoms with van der Waals surface area (Å²) in [7, 11) is 5.40. The van der Waals surface area contributed by atoms with Crippen molar-refractivity contribution in [3.8, 4) is 0 Å². The van der Waals surface area contributed by atoms with E-state index in [0.717, 1.165) is 0 Å². The van der Waals surface area contributed by atoms with Gasteiger partial charge in [0.2, 0.25) is 0 Å². The second-order valence-electron chi connectivity index (χ2n) is 15.4. The minimum Gasteiger partial charge on any atom is -0.459 e. The van der Waals surface area contributed by atoms with Crippen LogP contribution in [0.1, 0.15) is 81.6 Å². The maximum Gasteiger partial charge on any atom is 0.311 e. The highest BCUT2D eigenvalue weighted by molar-refractivity contribution is 5.73. The number of nitrogens with zero attached hydrogens (tertiary/aromatic N) is 1. The summed E-state index contributed by atoms with van der Waals surface area (Å²) in [5, 5.41) is 33.1. The van der Waals surface area contributed by atoms with Crippen LogP contribution in [0.3, 0.4) is 0 Å². The van der Waals surface area contributed by atoms with Crippen LogP contribution in [0, 0.1) is 23.7 Å². The average molecular weight is 660 g/mol. The quantitative estimate of drug-likeness (QED) is 0.345. The zero-order chi connectivity index (χ0) is 34.5. The normalized spacial score (nSPS) is 51.4. The van der Waals surface area contributed by atoms with E-state index in [4.69, 9.17) is 33.2 Å². The summed E-state index contributed by atoms with van der Waals surface area (Å²) < 4.78 is 44.7. The molecular formula is C34H61NO11. The topological polar surface area (TPSA) is 146 Å². The van der Waals surface area contributed by atoms with Crippen molar-refractivity contribution in [1.82, 2.24) is 4.90 Å². The summed E-state index contributed by atoms with van der Waals surface area (Å²) >= 11 is 0. The molecule has 18 atom stereocenters. The molecule has 4 fully saturated rings. The Labute approximate surface area is 275 Å². The van der Waals surface area contributed by atoms with Crippen molar-refractivity contribution in [3.63, 3.8) is 0 Å². The van der Waals surface area contributed by atoms with Gasteiger partial charge in [0.25, 0.3) is 0 Å². The summed E-state index contributed by atoms with van der Waals surface area (Å²) in [6.45, 7) is 16.9. The zero-order valence-corrected chi connectivity index (χ0v) is 29.9. The molecule has 0 radical (unpaired) electrons. The van der Waals surface area contributed by atoms with E-state index in [-0.39, 0.29) is 36.5 Å². The first kappa shape index (κ1) is 37.9. The smallest absolute Gasteiger partial charge is 0.311 e. The molecule has 4 aliphatic heterocycles. The van der Waals surface area contributed by atoms with Crippen molar-refractivity contribution in [2.24, 2.45) is 23.7 Å². The molecular weight excluding hydrogens is 598 g/mol. The van der Waals surface area contributed by atoms with Crippen molar-refractivity contribution in [1.29, 1.82) is 0 Å². The summed E-state index contributed by atoms with van der Waals surface area (Å²) in [4.78, 5) is 15.9. The number of likely N-dealkylation sites (N-methyl/N-ethyl adjacent to an activating group) is 1. The third-order valence-corrected chi connectivity index (χ3v) is 11.3. The Hall–Kier alpha value is -0.930. The van der Waals surface area contributed by atoms with Crippen molar-refractivity contribution in [2.75, 3.05) is 21.2 Å². The Morgan fingerprint density at radius 1 is 0.978 bits per heavy atom. The van der Waals surface area contributed by atoms with E-state index in [1.165, 1.54) is 0 Å². The number of carbonyl (C=O) groups excluding carboxylic acids is 1. The van der Waals surface area contributed by atoms with Gasteiger partial charge in [-0.1, -0.05) is 20.8 Å². The van der Waals surface area contributed by atoms with E-state index in [1.807, 2.05) is 53.6 Å². The van der Waals surface area contributed by atoms with E-state index in [0.29, 0.717) is 12.8 Å². The molecule has 8 unspecified atom stereocenters. The van der Waals surface area contributed by atoms with Crippen LogP contribution in [0.2, 0.25) is 0 Å². The molecule has 268 valence electrons. The highest BCUT2D eigenvalue weighted by Gasteiger charge is 2.57. The molecule has 12 heteroatoms. The van der Waals surface area contributed by atoms with E-state index in [9.17, 15) is 20.1 Å². The molecule has 46 heavy (non-hydrogen) atoms. The van der Waals surface area contributed by atoms with Crippen molar-refractivity contribution >= 4 is 5.97 Å². The summed E-state index contributed by atoms with van der Waals surface area (Å²) in [5.74, 6) is -2.09. The van der Waals surface area contributed by atoms with Crippen LogP contribution < -0.4 is 0 Å². The van der Waals surface area contributed by atoms with Crippen LogP contribution in [0.5, 0.6) is 0 Å². The molecule has 0 spiro atoms. The summed E-state index contributed by atoms with van der Waals surface area (Å²) in [6.07, 6.45) is -6.41. The van der Waals surface area contributed by atoms with Crippen LogP contribution in [0.15, 0.2) is 0 Å². The second kappa shape index (κ2) is 14.5. The van der Waals surface area contributed by atoms with Gasteiger partial charge in [0, 0.05) is 31.4 Å². The monoisotopic (exact) mass is 659 g/mol. The number of aliphatic hydroxyl groups is 3. The fourth-order valence-electron chi connectivity index (χ4n) is 8.51. The Morgan fingerprint density at radius 3 is 2.22 bits per heavy atom. The first-order valence-corrected chi connectivity index (χ1v) is 17.1. The predicted octanol–water partition coefficient (Wildman–Crippen LogP) is 2.48. The fraction of sp³-hybridized carbons (Fsp3) is 0.971. The van der Waals surface area contributed by atoms with Crippen molar-refractivity contribution in [2.45, 2.75) is 166 Å². The number of esters is 1. The third kappa shape index (κ3) is 7.46. The van der Waals surface area contributed by atoms with Gasteiger partial charge in [-0.3, -0.25) is 4.79 Å². The molecule has 3 N–H and O–H groups in total. The Morgan fingerprint density at radius 2 is 1.63 bits per heavy atom. The Bertz CT molecular complexity index is 1030. The zero-order valence-electron chi connectivity index (χ0n) is 29.9. The molecule has 0 aromatic rings. The SMILES string of the molecule is COC1(C)C[C@H](O[C@H]2[C@H](C)[C@@H](O[C@@H]3OC(C)CC(N(C)C)C3O)[C@]3(C)CC(C)C(O3)[C@H](C)[C@H](C(C)O)OC(=O)[C@@H]2C)OC(C)[C@@H]1O. The number of aliphatic hydroxyl groups excluding tert-OH is 3. The average Bonchev–Trinajstić information content (AvgIpc) is 3.29. The largest absolute Gasteiger partial charge is 0.459 e. The van der Waals surface area contributed by atoms with Crippen LogP contribution >= 0.6 is 0 Å². The van der Waals surface area contributed by atoms with E-state index < -0.39 is 84.3 Å². The van der Waals surface area contributed by atoms with E-state index >= 15 is 0 Å². The Balaban J connectivity index is 1.78. The minimum atomic E-state index is -0.952. The van der Waals surface area contributed by atoms with Gasteiger partial charge in [-0.2, -0.15) is 0 Å². The lowest BCUT2D eigenvalue weighted by atomic mass is 9.77. The van der Waals surface area contributed by atoms with Gasteiger partial charge >= 0.3 is 5.97 Å². The molecule has 4 saturated heterocycles. The third-order valence-electron chi connectivity index (χ3n) is 11.3. The number of fused-ring (bicyclic) bond motifs is 2. The number of hydrogen-bond donors (Lipinski definition) is 3. The van der Waals surface area contributed by atoms with Gasteiger partial charge in [-0.05, 0) is 74.4 Å². The number of hydrogen-bond acceptors (Lipinski definition) is 12. The highest BCUT2D eigenvalue weighted by atomic mass is 16.7. The lowest BCUT2D eigenvalue weighted by molar-refractivity contribution is -0.318. The van der Waals surface area contributed by atoms with Crippen molar-refractivity contribution in [3.05, 3.63) is 0 Å². The maximum absolute atomic E-state index is 13.9. The molecule has 0 aliphatic carbocycles. The first-order chi connectivity index (χ1) is 21.3. The lowest BCUT2D eigenvalue weighted by Crippen LogP contribution is -2.60. The summed E-state index contributed by atoms with van der Waals surface area (Å²) in [5.41, 5.74) is -1.81. The molecule has 0 aromatic heterocycles. The lowest BCUT2D eigenvalue weighted by Gasteiger charge is -2.48. The highest BCUT2D eigenvalue weighted by Crippen LogP contribution is 2.47. The Kier molecular flexibility index (Phi) is 11.9. The molecule has 0 amide bonds. The number of methoxy groups -OCH3 is 1. The molecule has 4 heterocycles. The van der Waals surface area contributed by atoms with E-state index in [1.54, 1.807) is 27.9 Å². The van der Waals surface area contributed by atoms with Gasteiger partial charge in [-0.15, -0.1) is 0 Å². The second-order valence-corrected chi connectivity index (χ2v) is 15.4. The standard InChI is InChI=1S/C34H61NO11/c1-16-14-34(9)30(45-32-25(37)23(35(10)11)13-17(2)41-32)19(4)27(43-24-15-33(8,40-12)29(38)22(7)42-24)20(5)31(39)44-28(21(6)36)18(3)26(16)46-34/h16-30,32,36-38H,13-15H2,1-12H3/t16?,17?,18-,19-,20+,21?,22?,23?,24-,25?,26?,27-,28+,29-,30+,32-,33?,34-/m0/s1. The number of rotatable bonds is 7. The van der Waals surface area contributed by atoms with Gasteiger partial charge < -0.3 is 53.4 Å². The van der Waals surface area contributed by atoms with Gasteiger partial charge in [0.1, 0.15) is 18.3 Å². The molecule has 0 saturated carbocycles. The number of cyclic esters (lactones) is 1.